The van der Waals surface area contributed by atoms with Crippen LogP contribution in [0.2, 0.25) is 0 Å². The quantitative estimate of drug-likeness (QED) is 0.727. The maximum absolute atomic E-state index is 11.5. The Kier molecular flexibility index (Phi) is 3.21. The van der Waals surface area contributed by atoms with E-state index in [1.165, 1.54) is 12.8 Å². The Morgan fingerprint density at radius 1 is 1.53 bits per heavy atom. The van der Waals surface area contributed by atoms with Crippen molar-refractivity contribution in [1.82, 2.24) is 4.90 Å². The molecule has 86 valence electrons. The molecule has 0 unspecified atom stereocenters. The van der Waals surface area contributed by atoms with Crippen LogP contribution >= 0.6 is 11.6 Å². The molecule has 2 aliphatic rings. The molecule has 0 aromatic carbocycles. The molecular weight excluding hydrogens is 214 g/mol. The van der Waals surface area contributed by atoms with Crippen LogP contribution in [0.1, 0.15) is 25.7 Å². The highest BCUT2D eigenvalue weighted by atomic mass is 35.5. The third kappa shape index (κ3) is 1.87. The minimum absolute atomic E-state index is 0.0129. The van der Waals surface area contributed by atoms with E-state index in [0.717, 1.165) is 19.4 Å². The van der Waals surface area contributed by atoms with Gasteiger partial charge in [0.25, 0.3) is 0 Å². The molecule has 1 aliphatic carbocycles. The Bertz CT molecular complexity index is 259. The summed E-state index contributed by atoms with van der Waals surface area (Å²) in [5, 5.41) is 9.55. The summed E-state index contributed by atoms with van der Waals surface area (Å²) in [6, 6.07) is 0. The molecule has 0 bridgehead atoms. The minimum Gasteiger partial charge on any atom is -0.396 e. The lowest BCUT2D eigenvalue weighted by Crippen LogP contribution is -2.37. The fourth-order valence-electron chi connectivity index (χ4n) is 3.11. The zero-order valence-corrected chi connectivity index (χ0v) is 9.67. The number of aliphatic hydroxyl groups is 1. The highest BCUT2D eigenvalue weighted by Gasteiger charge is 2.48. The average Bonchev–Trinajstić information content (AvgIpc) is 2.67. The van der Waals surface area contributed by atoms with Gasteiger partial charge in [0, 0.05) is 18.5 Å². The lowest BCUT2D eigenvalue weighted by Gasteiger charge is -2.36. The van der Waals surface area contributed by atoms with Gasteiger partial charge in [0.05, 0.1) is 6.61 Å². The van der Waals surface area contributed by atoms with Crippen LogP contribution in [0.15, 0.2) is 0 Å². The Morgan fingerprint density at radius 3 is 2.93 bits per heavy atom. The predicted octanol–water partition coefficient (Wildman–Crippen LogP) is 1.24. The number of halogens is 1. The zero-order valence-electron chi connectivity index (χ0n) is 8.91. The number of fused-ring (bicyclic) bond motifs is 1. The van der Waals surface area contributed by atoms with Crippen molar-refractivity contribution in [3.05, 3.63) is 0 Å². The van der Waals surface area contributed by atoms with E-state index in [0.29, 0.717) is 12.5 Å². The first kappa shape index (κ1) is 11.2. The topological polar surface area (TPSA) is 40.5 Å². The van der Waals surface area contributed by atoms with Crippen LogP contribution in [0.5, 0.6) is 0 Å². The van der Waals surface area contributed by atoms with Crippen LogP contribution in [-0.2, 0) is 4.79 Å². The molecule has 2 rings (SSSR count). The highest BCUT2D eigenvalue weighted by molar-refractivity contribution is 6.27. The van der Waals surface area contributed by atoms with Gasteiger partial charge in [0.2, 0.25) is 5.91 Å². The van der Waals surface area contributed by atoms with Crippen LogP contribution in [0.25, 0.3) is 0 Å². The number of amides is 1. The van der Waals surface area contributed by atoms with Crippen molar-refractivity contribution in [2.24, 2.45) is 11.3 Å². The lowest BCUT2D eigenvalue weighted by molar-refractivity contribution is -0.128. The molecule has 0 radical (unpaired) electrons. The smallest absolute Gasteiger partial charge is 0.237 e. The molecule has 1 saturated carbocycles. The van der Waals surface area contributed by atoms with Crippen molar-refractivity contribution >= 4 is 17.5 Å². The fourth-order valence-corrected chi connectivity index (χ4v) is 3.28. The lowest BCUT2D eigenvalue weighted by atomic mass is 9.69. The predicted molar refractivity (Wildman–Crippen MR) is 58.8 cm³/mol. The SMILES string of the molecule is O=C(CCl)N1C[C@H]2CCCC[C@@]2(CO)C1. The van der Waals surface area contributed by atoms with E-state index in [2.05, 4.69) is 0 Å². The molecule has 0 aromatic rings. The standard InChI is InChI=1S/C11H18ClNO2/c12-5-10(15)13-6-9-3-1-2-4-11(9,7-13)8-14/h9,14H,1-8H2/t9-,11+/m1/s1. The normalized spacial score (nSPS) is 35.3. The van der Waals surface area contributed by atoms with Gasteiger partial charge in [0.1, 0.15) is 5.88 Å². The summed E-state index contributed by atoms with van der Waals surface area (Å²) in [6.07, 6.45) is 4.61. The first-order valence-corrected chi connectivity index (χ1v) is 6.20. The summed E-state index contributed by atoms with van der Waals surface area (Å²) >= 11 is 5.56. The van der Waals surface area contributed by atoms with E-state index in [-0.39, 0.29) is 23.8 Å². The molecule has 1 amide bonds. The van der Waals surface area contributed by atoms with Crippen LogP contribution in [-0.4, -0.2) is 41.5 Å². The van der Waals surface area contributed by atoms with Crippen LogP contribution < -0.4 is 0 Å². The van der Waals surface area contributed by atoms with Crippen LogP contribution in [0.3, 0.4) is 0 Å². The summed E-state index contributed by atoms with van der Waals surface area (Å²) < 4.78 is 0. The number of rotatable bonds is 2. The molecule has 1 saturated heterocycles. The van der Waals surface area contributed by atoms with Crippen molar-refractivity contribution in [2.75, 3.05) is 25.6 Å². The molecule has 4 heteroatoms. The summed E-state index contributed by atoms with van der Waals surface area (Å²) in [6.45, 7) is 1.72. The Balaban J connectivity index is 2.10. The van der Waals surface area contributed by atoms with Gasteiger partial charge in [-0.1, -0.05) is 12.8 Å². The van der Waals surface area contributed by atoms with Gasteiger partial charge in [-0.15, -0.1) is 11.6 Å². The number of carbonyl (C=O) groups is 1. The molecular formula is C11H18ClNO2. The van der Waals surface area contributed by atoms with E-state index in [9.17, 15) is 9.90 Å². The maximum Gasteiger partial charge on any atom is 0.237 e. The van der Waals surface area contributed by atoms with Crippen molar-refractivity contribution in [2.45, 2.75) is 25.7 Å². The van der Waals surface area contributed by atoms with Gasteiger partial charge in [-0.05, 0) is 18.8 Å². The number of carbonyl (C=O) groups excluding carboxylic acids is 1. The second-order valence-electron chi connectivity index (χ2n) is 4.87. The minimum atomic E-state index is -0.0139. The maximum atomic E-state index is 11.5. The molecule has 2 fully saturated rings. The zero-order chi connectivity index (χ0) is 10.9. The molecule has 15 heavy (non-hydrogen) atoms. The second kappa shape index (κ2) is 4.30. The number of hydrogen-bond donors (Lipinski definition) is 1. The summed E-state index contributed by atoms with van der Waals surface area (Å²) in [5.41, 5.74) is -0.0139. The molecule has 3 nitrogen and oxygen atoms in total. The van der Waals surface area contributed by atoms with Crippen molar-refractivity contribution in [3.8, 4) is 0 Å². The number of alkyl halides is 1. The van der Waals surface area contributed by atoms with Gasteiger partial charge < -0.3 is 10.0 Å². The largest absolute Gasteiger partial charge is 0.396 e. The molecule has 1 heterocycles. The van der Waals surface area contributed by atoms with Crippen molar-refractivity contribution in [1.29, 1.82) is 0 Å². The fraction of sp³-hybridized carbons (Fsp3) is 0.909. The van der Waals surface area contributed by atoms with Crippen LogP contribution in [0.4, 0.5) is 0 Å². The molecule has 0 aromatic heterocycles. The van der Waals surface area contributed by atoms with Gasteiger partial charge in [-0.25, -0.2) is 0 Å². The Morgan fingerprint density at radius 2 is 2.33 bits per heavy atom. The van der Waals surface area contributed by atoms with E-state index >= 15 is 0 Å². The van der Waals surface area contributed by atoms with Crippen LogP contribution in [0, 0.1) is 11.3 Å². The van der Waals surface area contributed by atoms with Crippen molar-refractivity contribution in [3.63, 3.8) is 0 Å². The number of hydrogen-bond acceptors (Lipinski definition) is 2. The third-order valence-corrected chi connectivity index (χ3v) is 4.30. The molecule has 0 spiro atoms. The number of nitrogens with zero attached hydrogens (tertiary/aromatic N) is 1. The molecule has 2 atom stereocenters. The average molecular weight is 232 g/mol. The first-order chi connectivity index (χ1) is 7.22. The monoisotopic (exact) mass is 231 g/mol. The van der Waals surface area contributed by atoms with E-state index in [1.807, 2.05) is 4.90 Å². The first-order valence-electron chi connectivity index (χ1n) is 5.66. The van der Waals surface area contributed by atoms with Gasteiger partial charge in [0.15, 0.2) is 0 Å². The van der Waals surface area contributed by atoms with Gasteiger partial charge in [-0.3, -0.25) is 4.79 Å². The van der Waals surface area contributed by atoms with Gasteiger partial charge in [-0.2, -0.15) is 0 Å². The summed E-state index contributed by atoms with van der Waals surface area (Å²) in [5.74, 6) is 0.566. The molecule has 1 aliphatic heterocycles. The number of aliphatic hydroxyl groups excluding tert-OH is 1. The highest BCUT2D eigenvalue weighted by Crippen LogP contribution is 2.46. The molecule has 1 N–H and O–H groups in total. The Labute approximate surface area is 95.4 Å². The van der Waals surface area contributed by atoms with E-state index in [1.54, 1.807) is 0 Å². The van der Waals surface area contributed by atoms with Crippen molar-refractivity contribution < 1.29 is 9.90 Å². The number of likely N-dealkylation sites (tertiary alicyclic amines) is 1. The summed E-state index contributed by atoms with van der Waals surface area (Å²) in [7, 11) is 0. The Hall–Kier alpha value is -0.280. The third-order valence-electron chi connectivity index (χ3n) is 4.07. The second-order valence-corrected chi connectivity index (χ2v) is 5.14. The van der Waals surface area contributed by atoms with Gasteiger partial charge >= 0.3 is 0 Å². The van der Waals surface area contributed by atoms with E-state index < -0.39 is 0 Å². The summed E-state index contributed by atoms with van der Waals surface area (Å²) in [4.78, 5) is 13.4. The van der Waals surface area contributed by atoms with E-state index in [4.69, 9.17) is 11.6 Å².